The van der Waals surface area contributed by atoms with Gasteiger partial charge in [-0.2, -0.15) is 0 Å². The number of benzene rings is 1. The van der Waals surface area contributed by atoms with Crippen LogP contribution in [0.25, 0.3) is 0 Å². The summed E-state index contributed by atoms with van der Waals surface area (Å²) in [5, 5.41) is 3.30. The summed E-state index contributed by atoms with van der Waals surface area (Å²) in [6, 6.07) is 8.26. The molecule has 1 aromatic rings. The highest BCUT2D eigenvalue weighted by molar-refractivity contribution is 5.41. The van der Waals surface area contributed by atoms with E-state index in [1.165, 1.54) is 5.56 Å². The van der Waals surface area contributed by atoms with Gasteiger partial charge in [0.1, 0.15) is 5.75 Å². The van der Waals surface area contributed by atoms with E-state index >= 15 is 0 Å². The van der Waals surface area contributed by atoms with Gasteiger partial charge in [-0.05, 0) is 6.07 Å². The van der Waals surface area contributed by atoms with Gasteiger partial charge in [-0.1, -0.05) is 25.1 Å². The Morgan fingerprint density at radius 1 is 1.31 bits per heavy atom. The molecule has 13 heavy (non-hydrogen) atoms. The Hall–Kier alpha value is -1.02. The lowest BCUT2D eigenvalue weighted by molar-refractivity contribution is 0.291. The quantitative estimate of drug-likeness (QED) is 0.740. The molecule has 1 fully saturated rings. The van der Waals surface area contributed by atoms with E-state index in [1.54, 1.807) is 7.11 Å². The normalized spacial score (nSPS) is 19.2. The van der Waals surface area contributed by atoms with Gasteiger partial charge in [0.05, 0.1) is 7.11 Å². The molecule has 0 bridgehead atoms. The Morgan fingerprint density at radius 3 is 2.54 bits per heavy atom. The van der Waals surface area contributed by atoms with Crippen molar-refractivity contribution in [2.75, 3.05) is 20.2 Å². The van der Waals surface area contributed by atoms with Crippen LogP contribution in [0.4, 0.5) is 0 Å². The molecule has 1 saturated heterocycles. The van der Waals surface area contributed by atoms with Crippen molar-refractivity contribution in [3.63, 3.8) is 0 Å². The van der Waals surface area contributed by atoms with Crippen LogP contribution in [-0.2, 0) is 5.41 Å². The van der Waals surface area contributed by atoms with Gasteiger partial charge in [-0.3, -0.25) is 0 Å². The molecule has 0 radical (unpaired) electrons. The molecule has 0 amide bonds. The fourth-order valence-electron chi connectivity index (χ4n) is 1.83. The summed E-state index contributed by atoms with van der Waals surface area (Å²) in [5.41, 5.74) is 1.59. The van der Waals surface area contributed by atoms with Crippen molar-refractivity contribution in [1.29, 1.82) is 0 Å². The van der Waals surface area contributed by atoms with Gasteiger partial charge in [-0.15, -0.1) is 0 Å². The van der Waals surface area contributed by atoms with E-state index in [-0.39, 0.29) is 5.41 Å². The number of ether oxygens (including phenoxy) is 1. The molecular weight excluding hydrogens is 162 g/mol. The molecule has 0 saturated carbocycles. The predicted octanol–water partition coefficient (Wildman–Crippen LogP) is 1.56. The fraction of sp³-hybridized carbons (Fsp3) is 0.455. The first-order valence-corrected chi connectivity index (χ1v) is 4.60. The maximum atomic E-state index is 5.34. The minimum atomic E-state index is 0.270. The summed E-state index contributed by atoms with van der Waals surface area (Å²) in [7, 11) is 1.73. The van der Waals surface area contributed by atoms with Crippen LogP contribution in [-0.4, -0.2) is 20.2 Å². The standard InChI is InChI=1S/C11H15NO/c1-11(7-12-8-11)9-5-3-4-6-10(9)13-2/h3-6,12H,7-8H2,1-2H3. The third kappa shape index (κ3) is 1.31. The number of para-hydroxylation sites is 1. The minimum absolute atomic E-state index is 0.270. The molecule has 1 aromatic carbocycles. The molecular formula is C11H15NO. The molecule has 0 aromatic heterocycles. The molecule has 2 nitrogen and oxygen atoms in total. The Labute approximate surface area is 78.9 Å². The lowest BCUT2D eigenvalue weighted by atomic mass is 9.77. The number of nitrogens with one attached hydrogen (secondary N) is 1. The number of rotatable bonds is 2. The SMILES string of the molecule is COc1ccccc1C1(C)CNC1. The molecule has 1 N–H and O–H groups in total. The second-order valence-electron chi connectivity index (χ2n) is 3.86. The summed E-state index contributed by atoms with van der Waals surface area (Å²) in [6.45, 7) is 4.36. The molecule has 1 aliphatic heterocycles. The first-order chi connectivity index (χ1) is 6.26. The first-order valence-electron chi connectivity index (χ1n) is 4.60. The average Bonchev–Trinajstić information content (AvgIpc) is 2.14. The van der Waals surface area contributed by atoms with Crippen LogP contribution >= 0.6 is 0 Å². The third-order valence-electron chi connectivity index (χ3n) is 2.79. The molecule has 1 aliphatic rings. The largest absolute Gasteiger partial charge is 0.496 e. The highest BCUT2D eigenvalue weighted by Gasteiger charge is 2.35. The van der Waals surface area contributed by atoms with Crippen molar-refractivity contribution >= 4 is 0 Å². The van der Waals surface area contributed by atoms with Crippen LogP contribution in [0.3, 0.4) is 0 Å². The zero-order valence-electron chi connectivity index (χ0n) is 8.13. The van der Waals surface area contributed by atoms with Crippen LogP contribution in [0.15, 0.2) is 24.3 Å². The van der Waals surface area contributed by atoms with Crippen LogP contribution in [0, 0.1) is 0 Å². The van der Waals surface area contributed by atoms with Gasteiger partial charge in [0.2, 0.25) is 0 Å². The van der Waals surface area contributed by atoms with E-state index in [0.29, 0.717) is 0 Å². The summed E-state index contributed by atoms with van der Waals surface area (Å²) < 4.78 is 5.34. The highest BCUT2D eigenvalue weighted by atomic mass is 16.5. The van der Waals surface area contributed by atoms with Crippen LogP contribution in [0.5, 0.6) is 5.75 Å². The van der Waals surface area contributed by atoms with E-state index < -0.39 is 0 Å². The van der Waals surface area contributed by atoms with Gasteiger partial charge < -0.3 is 10.1 Å². The monoisotopic (exact) mass is 177 g/mol. The Kier molecular flexibility index (Phi) is 2.00. The molecule has 1 heterocycles. The summed E-state index contributed by atoms with van der Waals surface area (Å²) >= 11 is 0. The zero-order valence-corrected chi connectivity index (χ0v) is 8.13. The Balaban J connectivity index is 2.38. The average molecular weight is 177 g/mol. The number of methoxy groups -OCH3 is 1. The summed E-state index contributed by atoms with van der Waals surface area (Å²) in [5.74, 6) is 1.01. The number of hydrogen-bond acceptors (Lipinski definition) is 2. The summed E-state index contributed by atoms with van der Waals surface area (Å²) in [4.78, 5) is 0. The molecule has 2 rings (SSSR count). The zero-order chi connectivity index (χ0) is 9.31. The molecule has 0 unspecified atom stereocenters. The minimum Gasteiger partial charge on any atom is -0.496 e. The van der Waals surface area contributed by atoms with Crippen molar-refractivity contribution in [3.05, 3.63) is 29.8 Å². The topological polar surface area (TPSA) is 21.3 Å². The van der Waals surface area contributed by atoms with E-state index in [9.17, 15) is 0 Å². The van der Waals surface area contributed by atoms with E-state index in [2.05, 4.69) is 24.4 Å². The highest BCUT2D eigenvalue weighted by Crippen LogP contribution is 2.34. The van der Waals surface area contributed by atoms with Crippen molar-refractivity contribution < 1.29 is 4.74 Å². The molecule has 0 atom stereocenters. The van der Waals surface area contributed by atoms with Gasteiger partial charge in [0.15, 0.2) is 0 Å². The summed E-state index contributed by atoms with van der Waals surface area (Å²) in [6.07, 6.45) is 0. The first kappa shape index (κ1) is 8.57. The van der Waals surface area contributed by atoms with Crippen molar-refractivity contribution in [2.45, 2.75) is 12.3 Å². The van der Waals surface area contributed by atoms with E-state index in [0.717, 1.165) is 18.8 Å². The Morgan fingerprint density at radius 2 is 2.00 bits per heavy atom. The predicted molar refractivity (Wildman–Crippen MR) is 53.2 cm³/mol. The van der Waals surface area contributed by atoms with Gasteiger partial charge in [0, 0.05) is 24.1 Å². The van der Waals surface area contributed by atoms with Crippen LogP contribution in [0.2, 0.25) is 0 Å². The van der Waals surface area contributed by atoms with E-state index in [1.807, 2.05) is 12.1 Å². The smallest absolute Gasteiger partial charge is 0.122 e. The number of hydrogen-bond donors (Lipinski definition) is 1. The maximum absolute atomic E-state index is 5.34. The lowest BCUT2D eigenvalue weighted by Gasteiger charge is -2.40. The van der Waals surface area contributed by atoms with Gasteiger partial charge in [0.25, 0.3) is 0 Å². The molecule has 0 aliphatic carbocycles. The van der Waals surface area contributed by atoms with E-state index in [4.69, 9.17) is 4.74 Å². The molecule has 70 valence electrons. The van der Waals surface area contributed by atoms with Crippen molar-refractivity contribution in [3.8, 4) is 5.75 Å². The van der Waals surface area contributed by atoms with Crippen molar-refractivity contribution in [2.24, 2.45) is 0 Å². The van der Waals surface area contributed by atoms with Crippen LogP contribution in [0.1, 0.15) is 12.5 Å². The fourth-order valence-corrected chi connectivity index (χ4v) is 1.83. The molecule has 0 spiro atoms. The van der Waals surface area contributed by atoms with Gasteiger partial charge in [-0.25, -0.2) is 0 Å². The van der Waals surface area contributed by atoms with Crippen molar-refractivity contribution in [1.82, 2.24) is 5.32 Å². The van der Waals surface area contributed by atoms with Gasteiger partial charge >= 0.3 is 0 Å². The lowest BCUT2D eigenvalue weighted by Crippen LogP contribution is -2.54. The third-order valence-corrected chi connectivity index (χ3v) is 2.79. The Bertz CT molecular complexity index is 305. The second-order valence-corrected chi connectivity index (χ2v) is 3.86. The second kappa shape index (κ2) is 3.04. The molecule has 2 heteroatoms. The maximum Gasteiger partial charge on any atom is 0.122 e. The van der Waals surface area contributed by atoms with Crippen LogP contribution < -0.4 is 10.1 Å².